The summed E-state index contributed by atoms with van der Waals surface area (Å²) in [5.41, 5.74) is -0.0774. The summed E-state index contributed by atoms with van der Waals surface area (Å²) in [5, 5.41) is 2.07. The maximum atomic E-state index is 13.0. The van der Waals surface area contributed by atoms with Crippen LogP contribution in [0.25, 0.3) is 0 Å². The molecule has 3 heterocycles. The lowest BCUT2D eigenvalue weighted by Crippen LogP contribution is -2.51. The molecule has 1 amide bonds. The molecule has 1 aromatic heterocycles. The maximum Gasteiger partial charge on any atom is 0.416 e. The number of carbonyl (C=O) groups excluding carboxylic acids is 1. The van der Waals surface area contributed by atoms with Crippen molar-refractivity contribution in [2.75, 3.05) is 44.2 Å². The second kappa shape index (κ2) is 8.36. The third-order valence-electron chi connectivity index (χ3n) is 5.74. The number of benzene rings is 1. The van der Waals surface area contributed by atoms with Crippen molar-refractivity contribution >= 4 is 22.9 Å². The van der Waals surface area contributed by atoms with Crippen LogP contribution in [0.4, 0.5) is 18.9 Å². The normalized spacial score (nSPS) is 21.0. The van der Waals surface area contributed by atoms with Crippen molar-refractivity contribution in [3.63, 3.8) is 0 Å². The molecule has 0 radical (unpaired) electrons. The van der Waals surface area contributed by atoms with Gasteiger partial charge < -0.3 is 9.80 Å². The molecular formula is C21H24F3N3OS. The molecule has 0 aliphatic carbocycles. The molecule has 2 aromatic rings. The van der Waals surface area contributed by atoms with Gasteiger partial charge in [-0.05, 0) is 49.0 Å². The number of hydrogen-bond donors (Lipinski definition) is 0. The van der Waals surface area contributed by atoms with Crippen molar-refractivity contribution in [3.05, 3.63) is 52.2 Å². The van der Waals surface area contributed by atoms with Gasteiger partial charge in [0.15, 0.2) is 0 Å². The highest BCUT2D eigenvalue weighted by Crippen LogP contribution is 2.34. The van der Waals surface area contributed by atoms with E-state index >= 15 is 0 Å². The van der Waals surface area contributed by atoms with Crippen molar-refractivity contribution in [3.8, 4) is 0 Å². The summed E-state index contributed by atoms with van der Waals surface area (Å²) in [6, 6.07) is 9.91. The molecule has 8 heteroatoms. The minimum absolute atomic E-state index is 0.108. The van der Waals surface area contributed by atoms with Crippen molar-refractivity contribution in [2.24, 2.45) is 0 Å². The lowest BCUT2D eigenvalue weighted by Gasteiger charge is -2.37. The summed E-state index contributed by atoms with van der Waals surface area (Å²) in [7, 11) is 0. The molecular weight excluding hydrogens is 399 g/mol. The van der Waals surface area contributed by atoms with Crippen molar-refractivity contribution in [1.82, 2.24) is 9.80 Å². The van der Waals surface area contributed by atoms with E-state index in [2.05, 4.69) is 16.3 Å². The molecule has 4 nitrogen and oxygen atoms in total. The van der Waals surface area contributed by atoms with Gasteiger partial charge in [-0.3, -0.25) is 9.69 Å². The number of rotatable bonds is 4. The van der Waals surface area contributed by atoms with E-state index in [1.165, 1.54) is 17.0 Å². The van der Waals surface area contributed by atoms with Crippen LogP contribution in [0.1, 0.15) is 29.3 Å². The molecule has 4 rings (SSSR count). The molecule has 0 N–H and O–H groups in total. The number of piperazine rings is 1. The number of alkyl halides is 3. The maximum absolute atomic E-state index is 13.0. The Morgan fingerprint density at radius 1 is 1.07 bits per heavy atom. The Kier molecular flexibility index (Phi) is 5.83. The number of amides is 1. The molecule has 1 atom stereocenters. The average molecular weight is 424 g/mol. The van der Waals surface area contributed by atoms with Gasteiger partial charge in [0.05, 0.1) is 12.1 Å². The first kappa shape index (κ1) is 20.2. The lowest BCUT2D eigenvalue weighted by atomic mass is 10.1. The molecule has 0 spiro atoms. The smallest absolute Gasteiger partial charge is 0.368 e. The van der Waals surface area contributed by atoms with Crippen LogP contribution >= 0.6 is 11.3 Å². The molecule has 2 fully saturated rings. The SMILES string of the molecule is O=C(CN1CCC[C@@H]1c1cccs1)N1CCN(c2cccc(C(F)(F)F)c2)CC1. The van der Waals surface area contributed by atoms with Gasteiger partial charge in [0, 0.05) is 42.8 Å². The van der Waals surface area contributed by atoms with Gasteiger partial charge in [0.1, 0.15) is 0 Å². The highest BCUT2D eigenvalue weighted by molar-refractivity contribution is 7.10. The summed E-state index contributed by atoms with van der Waals surface area (Å²) >= 11 is 1.73. The number of likely N-dealkylation sites (tertiary alicyclic amines) is 1. The summed E-state index contributed by atoms with van der Waals surface area (Å²) in [6.07, 6.45) is -2.17. The van der Waals surface area contributed by atoms with E-state index in [-0.39, 0.29) is 5.91 Å². The van der Waals surface area contributed by atoms with Crippen LogP contribution in [0, 0.1) is 0 Å². The molecule has 156 valence electrons. The monoisotopic (exact) mass is 423 g/mol. The fourth-order valence-corrected chi connectivity index (χ4v) is 5.08. The molecule has 29 heavy (non-hydrogen) atoms. The number of carbonyl (C=O) groups is 1. The summed E-state index contributed by atoms with van der Waals surface area (Å²) in [6.45, 7) is 3.49. The van der Waals surface area contributed by atoms with E-state index in [9.17, 15) is 18.0 Å². The van der Waals surface area contributed by atoms with Gasteiger partial charge in [-0.2, -0.15) is 13.2 Å². The quantitative estimate of drug-likeness (QED) is 0.736. The number of halogens is 3. The topological polar surface area (TPSA) is 26.8 Å². The van der Waals surface area contributed by atoms with Gasteiger partial charge >= 0.3 is 6.18 Å². The summed E-state index contributed by atoms with van der Waals surface area (Å²) < 4.78 is 38.9. The molecule has 2 aliphatic rings. The number of thiophene rings is 1. The van der Waals surface area contributed by atoms with Crippen LogP contribution in [0.15, 0.2) is 41.8 Å². The fourth-order valence-electron chi connectivity index (χ4n) is 4.19. The van der Waals surface area contributed by atoms with Gasteiger partial charge in [-0.1, -0.05) is 12.1 Å². The molecule has 0 saturated carbocycles. The largest absolute Gasteiger partial charge is 0.416 e. The molecule has 2 saturated heterocycles. The van der Waals surface area contributed by atoms with Crippen LogP contribution in [0.2, 0.25) is 0 Å². The first-order valence-electron chi connectivity index (χ1n) is 9.89. The minimum atomic E-state index is -4.34. The third-order valence-corrected chi connectivity index (χ3v) is 6.72. The predicted molar refractivity (Wildman–Crippen MR) is 108 cm³/mol. The fraction of sp³-hybridized carbons (Fsp3) is 0.476. The molecule has 0 bridgehead atoms. The zero-order valence-corrected chi connectivity index (χ0v) is 16.9. The minimum Gasteiger partial charge on any atom is -0.368 e. The lowest BCUT2D eigenvalue weighted by molar-refractivity contribution is -0.137. The Labute approximate surface area is 172 Å². The number of hydrogen-bond acceptors (Lipinski definition) is 4. The Balaban J connectivity index is 1.33. The zero-order valence-electron chi connectivity index (χ0n) is 16.1. The second-order valence-electron chi connectivity index (χ2n) is 7.56. The van der Waals surface area contributed by atoms with E-state index in [1.54, 1.807) is 17.4 Å². The Morgan fingerprint density at radius 3 is 2.55 bits per heavy atom. The van der Waals surface area contributed by atoms with Gasteiger partial charge in [-0.15, -0.1) is 11.3 Å². The van der Waals surface area contributed by atoms with Crippen LogP contribution in [-0.2, 0) is 11.0 Å². The highest BCUT2D eigenvalue weighted by atomic mass is 32.1. The standard InChI is InChI=1S/C21H24F3N3OS/c22-21(23,24)16-4-1-5-17(14-16)25-9-11-26(12-10-25)20(28)15-27-8-2-6-18(27)19-7-3-13-29-19/h1,3-5,7,13-14,18H,2,6,8-12,15H2/t18-/m1/s1. The van der Waals surface area contributed by atoms with Gasteiger partial charge in [-0.25, -0.2) is 0 Å². The van der Waals surface area contributed by atoms with Crippen molar-refractivity contribution in [1.29, 1.82) is 0 Å². The van der Waals surface area contributed by atoms with E-state index in [0.29, 0.717) is 44.5 Å². The van der Waals surface area contributed by atoms with Crippen LogP contribution in [-0.4, -0.2) is 55.0 Å². The summed E-state index contributed by atoms with van der Waals surface area (Å²) in [4.78, 5) is 20.1. The van der Waals surface area contributed by atoms with E-state index < -0.39 is 11.7 Å². The first-order chi connectivity index (χ1) is 13.9. The Bertz CT molecular complexity index is 832. The highest BCUT2D eigenvalue weighted by Gasteiger charge is 2.32. The third kappa shape index (κ3) is 4.59. The molecule has 2 aliphatic heterocycles. The van der Waals surface area contributed by atoms with Crippen LogP contribution in [0.3, 0.4) is 0 Å². The van der Waals surface area contributed by atoms with Crippen LogP contribution < -0.4 is 4.90 Å². The van der Waals surface area contributed by atoms with E-state index in [1.807, 2.05) is 15.9 Å². The van der Waals surface area contributed by atoms with Gasteiger partial charge in [0.25, 0.3) is 0 Å². The number of anilines is 1. The first-order valence-corrected chi connectivity index (χ1v) is 10.8. The van der Waals surface area contributed by atoms with Crippen molar-refractivity contribution in [2.45, 2.75) is 25.1 Å². The zero-order chi connectivity index (χ0) is 20.4. The molecule has 1 aromatic carbocycles. The second-order valence-corrected chi connectivity index (χ2v) is 8.54. The molecule has 0 unspecified atom stereocenters. The number of nitrogens with zero attached hydrogens (tertiary/aromatic N) is 3. The summed E-state index contributed by atoms with van der Waals surface area (Å²) in [5.74, 6) is 0.108. The van der Waals surface area contributed by atoms with E-state index in [0.717, 1.165) is 25.5 Å². The van der Waals surface area contributed by atoms with Gasteiger partial charge in [0.2, 0.25) is 5.91 Å². The van der Waals surface area contributed by atoms with E-state index in [4.69, 9.17) is 0 Å². The Hall–Kier alpha value is -2.06. The van der Waals surface area contributed by atoms with Crippen LogP contribution in [0.5, 0.6) is 0 Å². The van der Waals surface area contributed by atoms with Crippen molar-refractivity contribution < 1.29 is 18.0 Å². The predicted octanol–water partition coefficient (Wildman–Crippen LogP) is 4.25. The average Bonchev–Trinajstić information content (AvgIpc) is 3.39. The Morgan fingerprint density at radius 2 is 1.86 bits per heavy atom.